The first-order valence-electron chi connectivity index (χ1n) is 10.8. The summed E-state index contributed by atoms with van der Waals surface area (Å²) < 4.78 is 10.9. The maximum absolute atomic E-state index is 12.3. The fourth-order valence-electron chi connectivity index (χ4n) is 3.59. The average Bonchev–Trinajstić information content (AvgIpc) is 2.79. The Bertz CT molecular complexity index is 796. The van der Waals surface area contributed by atoms with Gasteiger partial charge in [0.1, 0.15) is 18.5 Å². The zero-order valence-corrected chi connectivity index (χ0v) is 17.7. The van der Waals surface area contributed by atoms with Crippen molar-refractivity contribution in [2.75, 3.05) is 7.11 Å². The van der Waals surface area contributed by atoms with Gasteiger partial charge in [0, 0.05) is 6.42 Å². The number of carbonyl (C=O) groups excluding carboxylic acids is 1. The number of carbonyl (C=O) groups is 1. The standard InChI is InChI=1S/C25H31NO4/c1-28-23-15-12-20(13-16-23)18-22(26-29-19-21-8-4-2-5-9-21)14-17-25(27)30-24-10-6-3-7-11-24/h2,4-5,8-9,12-13,15-16,24H,3,6-7,10-11,14,17-19H2,1H3/b26-22+. The van der Waals surface area contributed by atoms with E-state index in [1.165, 1.54) is 6.42 Å². The SMILES string of the molecule is COc1ccc(C/C(CCC(=O)OC2CCCCC2)=N/OCc2ccccc2)cc1. The Kier molecular flexibility index (Phi) is 8.76. The van der Waals surface area contributed by atoms with Gasteiger partial charge in [-0.1, -0.05) is 54.0 Å². The molecule has 1 aliphatic rings. The van der Waals surface area contributed by atoms with Crippen molar-refractivity contribution in [1.29, 1.82) is 0 Å². The number of hydrogen-bond acceptors (Lipinski definition) is 5. The summed E-state index contributed by atoms with van der Waals surface area (Å²) in [6.45, 7) is 0.402. The fourth-order valence-corrected chi connectivity index (χ4v) is 3.59. The highest BCUT2D eigenvalue weighted by Gasteiger charge is 2.18. The molecule has 2 aromatic carbocycles. The third kappa shape index (κ3) is 7.54. The zero-order valence-electron chi connectivity index (χ0n) is 17.7. The first-order valence-corrected chi connectivity index (χ1v) is 10.8. The molecule has 0 aliphatic heterocycles. The molecule has 0 atom stereocenters. The van der Waals surface area contributed by atoms with E-state index in [-0.39, 0.29) is 12.1 Å². The highest BCUT2D eigenvalue weighted by atomic mass is 16.6. The van der Waals surface area contributed by atoms with Gasteiger partial charge in [-0.2, -0.15) is 0 Å². The lowest BCUT2D eigenvalue weighted by atomic mass is 9.98. The van der Waals surface area contributed by atoms with E-state index in [2.05, 4.69) is 5.16 Å². The van der Waals surface area contributed by atoms with E-state index >= 15 is 0 Å². The molecule has 0 heterocycles. The summed E-state index contributed by atoms with van der Waals surface area (Å²) in [6.07, 6.45) is 7.05. The molecular formula is C25H31NO4. The molecule has 1 saturated carbocycles. The van der Waals surface area contributed by atoms with Gasteiger partial charge in [-0.3, -0.25) is 4.79 Å². The highest BCUT2D eigenvalue weighted by molar-refractivity contribution is 5.88. The van der Waals surface area contributed by atoms with Crippen molar-refractivity contribution < 1.29 is 19.1 Å². The van der Waals surface area contributed by atoms with E-state index in [9.17, 15) is 4.79 Å². The first-order chi connectivity index (χ1) is 14.7. The zero-order chi connectivity index (χ0) is 21.0. The molecule has 5 nitrogen and oxygen atoms in total. The Morgan fingerprint density at radius 3 is 2.37 bits per heavy atom. The Hall–Kier alpha value is -2.82. The summed E-state index contributed by atoms with van der Waals surface area (Å²) in [4.78, 5) is 17.9. The summed E-state index contributed by atoms with van der Waals surface area (Å²) in [5.74, 6) is 0.668. The van der Waals surface area contributed by atoms with Crippen LogP contribution in [0.4, 0.5) is 0 Å². The predicted molar refractivity (Wildman–Crippen MR) is 118 cm³/mol. The van der Waals surface area contributed by atoms with E-state index in [0.29, 0.717) is 25.9 Å². The van der Waals surface area contributed by atoms with E-state index in [4.69, 9.17) is 14.3 Å². The van der Waals surface area contributed by atoms with Crippen molar-refractivity contribution in [3.8, 4) is 5.75 Å². The predicted octanol–water partition coefficient (Wildman–Crippen LogP) is 5.47. The topological polar surface area (TPSA) is 57.1 Å². The third-order valence-electron chi connectivity index (χ3n) is 5.30. The number of nitrogens with zero attached hydrogens (tertiary/aromatic N) is 1. The molecule has 0 bridgehead atoms. The Labute approximate surface area is 179 Å². The number of hydrogen-bond donors (Lipinski definition) is 0. The minimum Gasteiger partial charge on any atom is -0.497 e. The lowest BCUT2D eigenvalue weighted by Crippen LogP contribution is -2.21. The second kappa shape index (κ2) is 12.0. The van der Waals surface area contributed by atoms with Crippen LogP contribution in [0.1, 0.15) is 56.1 Å². The van der Waals surface area contributed by atoms with Crippen LogP contribution in [-0.2, 0) is 27.4 Å². The third-order valence-corrected chi connectivity index (χ3v) is 5.30. The van der Waals surface area contributed by atoms with Crippen molar-refractivity contribution in [2.24, 2.45) is 5.16 Å². The summed E-state index contributed by atoms with van der Waals surface area (Å²) >= 11 is 0. The molecule has 30 heavy (non-hydrogen) atoms. The van der Waals surface area contributed by atoms with Gasteiger partial charge in [0.2, 0.25) is 0 Å². The maximum atomic E-state index is 12.3. The van der Waals surface area contributed by atoms with E-state index in [0.717, 1.165) is 48.3 Å². The van der Waals surface area contributed by atoms with Gasteiger partial charge < -0.3 is 14.3 Å². The molecule has 0 unspecified atom stereocenters. The molecule has 0 spiro atoms. The van der Waals surface area contributed by atoms with Crippen molar-refractivity contribution in [1.82, 2.24) is 0 Å². The van der Waals surface area contributed by atoms with Crippen LogP contribution in [0.3, 0.4) is 0 Å². The first kappa shape index (κ1) is 21.9. The van der Waals surface area contributed by atoms with Crippen LogP contribution in [0.15, 0.2) is 59.8 Å². The molecule has 0 radical (unpaired) electrons. The van der Waals surface area contributed by atoms with Crippen molar-refractivity contribution in [2.45, 2.75) is 64.1 Å². The van der Waals surface area contributed by atoms with Crippen LogP contribution < -0.4 is 4.74 Å². The molecule has 0 aromatic heterocycles. The monoisotopic (exact) mass is 409 g/mol. The van der Waals surface area contributed by atoms with Crippen LogP contribution in [0.2, 0.25) is 0 Å². The second-order valence-electron chi connectivity index (χ2n) is 7.69. The minimum absolute atomic E-state index is 0.0857. The minimum atomic E-state index is -0.146. The molecule has 1 aliphatic carbocycles. The molecule has 160 valence electrons. The molecule has 5 heteroatoms. The van der Waals surface area contributed by atoms with Crippen LogP contribution in [0, 0.1) is 0 Å². The number of ether oxygens (including phenoxy) is 2. The fraction of sp³-hybridized carbons (Fsp3) is 0.440. The summed E-state index contributed by atoms with van der Waals surface area (Å²) in [5, 5.41) is 4.35. The Morgan fingerprint density at radius 1 is 0.933 bits per heavy atom. The lowest BCUT2D eigenvalue weighted by Gasteiger charge is -2.21. The number of esters is 1. The number of benzene rings is 2. The summed E-state index contributed by atoms with van der Waals surface area (Å²) in [6, 6.07) is 17.8. The molecule has 3 rings (SSSR count). The van der Waals surface area contributed by atoms with E-state index in [1.807, 2.05) is 54.6 Å². The maximum Gasteiger partial charge on any atom is 0.306 e. The number of methoxy groups -OCH3 is 1. The van der Waals surface area contributed by atoms with Crippen LogP contribution in [0.25, 0.3) is 0 Å². The Morgan fingerprint density at radius 2 is 1.67 bits per heavy atom. The van der Waals surface area contributed by atoms with E-state index < -0.39 is 0 Å². The molecular weight excluding hydrogens is 378 g/mol. The molecule has 0 saturated heterocycles. The normalized spacial score (nSPS) is 14.9. The molecule has 0 amide bonds. The average molecular weight is 410 g/mol. The van der Waals surface area contributed by atoms with Crippen molar-refractivity contribution >= 4 is 11.7 Å². The summed E-state index contributed by atoms with van der Waals surface area (Å²) in [5.41, 5.74) is 2.98. The smallest absolute Gasteiger partial charge is 0.306 e. The molecule has 1 fully saturated rings. The van der Waals surface area contributed by atoms with Gasteiger partial charge in [0.15, 0.2) is 0 Å². The van der Waals surface area contributed by atoms with Crippen LogP contribution in [0.5, 0.6) is 5.75 Å². The Balaban J connectivity index is 1.56. The van der Waals surface area contributed by atoms with Gasteiger partial charge in [-0.05, 0) is 55.4 Å². The largest absolute Gasteiger partial charge is 0.497 e. The quantitative estimate of drug-likeness (QED) is 0.297. The van der Waals surface area contributed by atoms with E-state index in [1.54, 1.807) is 7.11 Å². The van der Waals surface area contributed by atoms with Crippen LogP contribution >= 0.6 is 0 Å². The second-order valence-corrected chi connectivity index (χ2v) is 7.69. The summed E-state index contributed by atoms with van der Waals surface area (Å²) in [7, 11) is 1.65. The van der Waals surface area contributed by atoms with Gasteiger partial charge >= 0.3 is 5.97 Å². The number of rotatable bonds is 10. The van der Waals surface area contributed by atoms with Crippen molar-refractivity contribution in [3.05, 3.63) is 65.7 Å². The van der Waals surface area contributed by atoms with Gasteiger partial charge in [0.05, 0.1) is 19.2 Å². The molecule has 0 N–H and O–H groups in total. The highest BCUT2D eigenvalue weighted by Crippen LogP contribution is 2.21. The number of oxime groups is 1. The molecule has 2 aromatic rings. The van der Waals surface area contributed by atoms with Gasteiger partial charge in [-0.25, -0.2) is 0 Å². The van der Waals surface area contributed by atoms with Gasteiger partial charge in [0.25, 0.3) is 0 Å². The van der Waals surface area contributed by atoms with Crippen LogP contribution in [-0.4, -0.2) is 24.9 Å². The van der Waals surface area contributed by atoms with Crippen molar-refractivity contribution in [3.63, 3.8) is 0 Å². The lowest BCUT2D eigenvalue weighted by molar-refractivity contribution is -0.150. The van der Waals surface area contributed by atoms with Gasteiger partial charge in [-0.15, -0.1) is 0 Å².